The number of benzene rings is 1. The third-order valence-corrected chi connectivity index (χ3v) is 2.33. The van der Waals surface area contributed by atoms with Crippen molar-refractivity contribution in [1.82, 2.24) is 0 Å². The first kappa shape index (κ1) is 12.6. The first-order valence-corrected chi connectivity index (χ1v) is 5.34. The van der Waals surface area contributed by atoms with Crippen molar-refractivity contribution in [2.45, 2.75) is 6.18 Å². The Bertz CT molecular complexity index is 395. The minimum atomic E-state index is -4.17. The van der Waals surface area contributed by atoms with Crippen LogP contribution in [0.2, 0.25) is 0 Å². The van der Waals surface area contributed by atoms with E-state index in [1.54, 1.807) is 0 Å². The van der Waals surface area contributed by atoms with E-state index in [0.717, 1.165) is 28.5 Å². The topological polar surface area (TPSA) is 26.0 Å². The fourth-order valence-electron chi connectivity index (χ4n) is 0.879. The molecule has 0 unspecified atom stereocenters. The first-order chi connectivity index (χ1) is 7.50. The molecular formula is C11H10F3NS. The standard InChI is InChI=1S/C6H7N.C5H3F3S/c7-6-4-2-1-3-5-6;6-5(7,8)4-1-2-9-3-4/h1-5H,7H2;1-3H. The molecule has 16 heavy (non-hydrogen) atoms. The van der Waals surface area contributed by atoms with Gasteiger partial charge in [0.25, 0.3) is 0 Å². The van der Waals surface area contributed by atoms with Gasteiger partial charge in [-0.05, 0) is 23.6 Å². The normalized spacial score (nSPS) is 10.4. The fraction of sp³-hybridized carbons (Fsp3) is 0.0909. The van der Waals surface area contributed by atoms with Gasteiger partial charge in [-0.2, -0.15) is 24.5 Å². The van der Waals surface area contributed by atoms with Crippen molar-refractivity contribution in [2.75, 3.05) is 5.73 Å². The highest BCUT2D eigenvalue weighted by atomic mass is 32.1. The van der Waals surface area contributed by atoms with E-state index in [1.807, 2.05) is 30.3 Å². The van der Waals surface area contributed by atoms with Crippen molar-refractivity contribution in [3.63, 3.8) is 0 Å². The Hall–Kier alpha value is -1.49. The van der Waals surface area contributed by atoms with Crippen LogP contribution in [-0.4, -0.2) is 0 Å². The number of anilines is 1. The van der Waals surface area contributed by atoms with Crippen LogP contribution in [0.4, 0.5) is 18.9 Å². The van der Waals surface area contributed by atoms with Crippen molar-refractivity contribution >= 4 is 17.0 Å². The predicted octanol–water partition coefficient (Wildman–Crippen LogP) is 4.04. The van der Waals surface area contributed by atoms with Gasteiger partial charge in [-0.1, -0.05) is 18.2 Å². The summed E-state index contributed by atoms with van der Waals surface area (Å²) in [5, 5.41) is 2.49. The van der Waals surface area contributed by atoms with Gasteiger partial charge in [-0.15, -0.1) is 0 Å². The summed E-state index contributed by atoms with van der Waals surface area (Å²) >= 11 is 1.05. The van der Waals surface area contributed by atoms with Gasteiger partial charge in [0.15, 0.2) is 0 Å². The van der Waals surface area contributed by atoms with E-state index in [9.17, 15) is 13.2 Å². The van der Waals surface area contributed by atoms with E-state index in [1.165, 1.54) is 5.38 Å². The van der Waals surface area contributed by atoms with Crippen LogP contribution in [-0.2, 0) is 6.18 Å². The van der Waals surface area contributed by atoms with Crippen LogP contribution in [0.15, 0.2) is 47.2 Å². The second-order valence-electron chi connectivity index (χ2n) is 2.92. The van der Waals surface area contributed by atoms with Crippen molar-refractivity contribution in [1.29, 1.82) is 0 Å². The van der Waals surface area contributed by atoms with Crippen LogP contribution in [0.25, 0.3) is 0 Å². The number of hydrogen-bond acceptors (Lipinski definition) is 2. The summed E-state index contributed by atoms with van der Waals surface area (Å²) in [6.45, 7) is 0. The van der Waals surface area contributed by atoms with E-state index in [4.69, 9.17) is 5.73 Å². The highest BCUT2D eigenvalue weighted by molar-refractivity contribution is 7.07. The molecule has 1 aromatic heterocycles. The highest BCUT2D eigenvalue weighted by Crippen LogP contribution is 2.30. The van der Waals surface area contributed by atoms with Gasteiger partial charge in [0.2, 0.25) is 0 Å². The number of hydrogen-bond donors (Lipinski definition) is 1. The molecule has 0 saturated heterocycles. The second-order valence-corrected chi connectivity index (χ2v) is 3.70. The maximum atomic E-state index is 11.6. The minimum Gasteiger partial charge on any atom is -0.399 e. The Morgan fingerprint density at radius 1 is 1.00 bits per heavy atom. The summed E-state index contributed by atoms with van der Waals surface area (Å²) in [4.78, 5) is 0. The minimum absolute atomic E-state index is 0.563. The van der Waals surface area contributed by atoms with Gasteiger partial charge in [0.05, 0.1) is 5.56 Å². The SMILES string of the molecule is FC(F)(F)c1ccsc1.Nc1ccccc1. The summed E-state index contributed by atoms with van der Waals surface area (Å²) in [7, 11) is 0. The van der Waals surface area contributed by atoms with Crippen molar-refractivity contribution in [2.24, 2.45) is 0 Å². The quantitative estimate of drug-likeness (QED) is 0.696. The molecule has 0 aliphatic heterocycles. The lowest BCUT2D eigenvalue weighted by Crippen LogP contribution is -2.01. The van der Waals surface area contributed by atoms with E-state index in [-0.39, 0.29) is 0 Å². The molecule has 0 radical (unpaired) electrons. The molecule has 0 spiro atoms. The zero-order chi connectivity index (χ0) is 12.0. The summed E-state index contributed by atoms with van der Waals surface area (Å²) in [6, 6.07) is 10.5. The van der Waals surface area contributed by atoms with Gasteiger partial charge in [-0.25, -0.2) is 0 Å². The molecule has 86 valence electrons. The van der Waals surface area contributed by atoms with Gasteiger partial charge in [-0.3, -0.25) is 0 Å². The molecule has 0 atom stereocenters. The number of rotatable bonds is 0. The summed E-state index contributed by atoms with van der Waals surface area (Å²) < 4.78 is 34.9. The third kappa shape index (κ3) is 4.35. The average Bonchev–Trinajstić information content (AvgIpc) is 2.71. The largest absolute Gasteiger partial charge is 0.417 e. The molecule has 2 N–H and O–H groups in total. The van der Waals surface area contributed by atoms with Crippen LogP contribution in [0.5, 0.6) is 0 Å². The monoisotopic (exact) mass is 245 g/mol. The van der Waals surface area contributed by atoms with Crippen LogP contribution >= 0.6 is 11.3 Å². The van der Waals surface area contributed by atoms with Crippen LogP contribution < -0.4 is 5.73 Å². The number of para-hydroxylation sites is 1. The van der Waals surface area contributed by atoms with E-state index in [2.05, 4.69) is 0 Å². The molecule has 0 aliphatic rings. The van der Waals surface area contributed by atoms with Crippen LogP contribution in [0.3, 0.4) is 0 Å². The maximum Gasteiger partial charge on any atom is 0.417 e. The number of halogens is 3. The molecule has 2 rings (SSSR count). The Balaban J connectivity index is 0.000000165. The van der Waals surface area contributed by atoms with E-state index >= 15 is 0 Å². The first-order valence-electron chi connectivity index (χ1n) is 4.40. The van der Waals surface area contributed by atoms with E-state index in [0.29, 0.717) is 0 Å². The third-order valence-electron chi connectivity index (χ3n) is 1.65. The summed E-state index contributed by atoms with van der Waals surface area (Å²) in [6.07, 6.45) is -4.17. The van der Waals surface area contributed by atoms with Gasteiger partial charge in [0.1, 0.15) is 0 Å². The Kier molecular flexibility index (Phi) is 4.37. The van der Waals surface area contributed by atoms with Crippen molar-refractivity contribution in [3.8, 4) is 0 Å². The lowest BCUT2D eigenvalue weighted by Gasteiger charge is -1.99. The second kappa shape index (κ2) is 5.55. The Labute approximate surface area is 95.3 Å². The number of thiophene rings is 1. The van der Waals surface area contributed by atoms with Crippen molar-refractivity contribution < 1.29 is 13.2 Å². The summed E-state index contributed by atoms with van der Waals surface area (Å²) in [5.74, 6) is 0. The zero-order valence-electron chi connectivity index (χ0n) is 8.24. The molecule has 0 fully saturated rings. The lowest BCUT2D eigenvalue weighted by atomic mass is 10.3. The van der Waals surface area contributed by atoms with Crippen LogP contribution in [0, 0.1) is 0 Å². The smallest absolute Gasteiger partial charge is 0.399 e. The number of nitrogens with two attached hydrogens (primary N) is 1. The number of nitrogen functional groups attached to an aromatic ring is 1. The molecule has 2 aromatic rings. The number of alkyl halides is 3. The maximum absolute atomic E-state index is 11.6. The molecule has 0 bridgehead atoms. The highest BCUT2D eigenvalue weighted by Gasteiger charge is 2.30. The molecule has 1 nitrogen and oxygen atoms in total. The molecule has 0 aliphatic carbocycles. The molecular weight excluding hydrogens is 235 g/mol. The molecule has 1 heterocycles. The molecule has 1 aromatic carbocycles. The van der Waals surface area contributed by atoms with Crippen LogP contribution in [0.1, 0.15) is 5.56 Å². The van der Waals surface area contributed by atoms with Gasteiger partial charge in [0, 0.05) is 11.1 Å². The fourth-order valence-corrected chi connectivity index (χ4v) is 1.54. The predicted molar refractivity (Wildman–Crippen MR) is 60.2 cm³/mol. The Morgan fingerprint density at radius 3 is 1.88 bits per heavy atom. The molecule has 0 saturated carbocycles. The Morgan fingerprint density at radius 2 is 1.62 bits per heavy atom. The zero-order valence-corrected chi connectivity index (χ0v) is 9.05. The van der Waals surface area contributed by atoms with E-state index < -0.39 is 11.7 Å². The summed E-state index contributed by atoms with van der Waals surface area (Å²) in [5.41, 5.74) is 5.62. The molecule has 0 amide bonds. The van der Waals surface area contributed by atoms with Gasteiger partial charge >= 0.3 is 6.18 Å². The van der Waals surface area contributed by atoms with Gasteiger partial charge < -0.3 is 5.73 Å². The average molecular weight is 245 g/mol. The lowest BCUT2D eigenvalue weighted by molar-refractivity contribution is -0.137. The van der Waals surface area contributed by atoms with Crippen molar-refractivity contribution in [3.05, 3.63) is 52.7 Å². The molecule has 5 heteroatoms.